The van der Waals surface area contributed by atoms with Crippen molar-refractivity contribution in [2.45, 2.75) is 13.3 Å². The fourth-order valence-electron chi connectivity index (χ4n) is 1.46. The van der Waals surface area contributed by atoms with E-state index in [0.29, 0.717) is 15.9 Å². The van der Waals surface area contributed by atoms with Gasteiger partial charge in [-0.1, -0.05) is 30.1 Å². The zero-order valence-corrected chi connectivity index (χ0v) is 13.5. The molecule has 0 unspecified atom stereocenters. The molecule has 0 aromatic carbocycles. The van der Waals surface area contributed by atoms with Crippen LogP contribution in [0.25, 0.3) is 10.6 Å². The van der Waals surface area contributed by atoms with Gasteiger partial charge in [-0.15, -0.1) is 11.3 Å². The molecule has 0 bridgehead atoms. The van der Waals surface area contributed by atoms with E-state index in [0.717, 1.165) is 28.0 Å². The molecule has 0 saturated heterocycles. The number of anilines is 1. The normalized spacial score (nSPS) is 10.7. The minimum absolute atomic E-state index is 0.546. The molecule has 2 rings (SSSR count). The molecule has 2 heterocycles. The lowest BCUT2D eigenvalue weighted by Gasteiger charge is -2.10. The summed E-state index contributed by atoms with van der Waals surface area (Å²) in [5.74, 6) is 0.679. The maximum Gasteiger partial charge on any atom is 0.145 e. The van der Waals surface area contributed by atoms with Crippen molar-refractivity contribution in [2.24, 2.45) is 0 Å². The van der Waals surface area contributed by atoms with Gasteiger partial charge in [0.15, 0.2) is 0 Å². The average molecular weight is 366 g/mol. The Kier molecular flexibility index (Phi) is 4.90. The second-order valence-electron chi connectivity index (χ2n) is 3.67. The molecule has 0 saturated carbocycles. The van der Waals surface area contributed by atoms with Gasteiger partial charge in [0.25, 0.3) is 0 Å². The van der Waals surface area contributed by atoms with Crippen molar-refractivity contribution in [2.75, 3.05) is 11.9 Å². The number of halogens is 3. The topological polar surface area (TPSA) is 24.9 Å². The maximum absolute atomic E-state index is 6.21. The summed E-state index contributed by atoms with van der Waals surface area (Å²) in [6, 6.07) is 3.71. The highest BCUT2D eigenvalue weighted by atomic mass is 79.9. The minimum Gasteiger partial charge on any atom is -0.369 e. The van der Waals surface area contributed by atoms with Crippen LogP contribution in [0.2, 0.25) is 10.0 Å². The van der Waals surface area contributed by atoms with Crippen LogP contribution in [0.3, 0.4) is 0 Å². The van der Waals surface area contributed by atoms with Gasteiger partial charge >= 0.3 is 0 Å². The summed E-state index contributed by atoms with van der Waals surface area (Å²) in [5, 5.41) is 6.30. The third-order valence-electron chi connectivity index (χ3n) is 2.30. The van der Waals surface area contributed by atoms with Gasteiger partial charge in [0.05, 0.1) is 14.9 Å². The number of rotatable bonds is 4. The number of thiophene rings is 1. The van der Waals surface area contributed by atoms with Crippen LogP contribution < -0.4 is 5.32 Å². The number of pyridine rings is 1. The summed E-state index contributed by atoms with van der Waals surface area (Å²) in [4.78, 5) is 5.53. The summed E-state index contributed by atoms with van der Waals surface area (Å²) >= 11 is 17.4. The molecule has 6 heteroatoms. The zero-order chi connectivity index (χ0) is 13.1. The summed E-state index contributed by atoms with van der Waals surface area (Å²) in [6.07, 6.45) is 1.01. The highest BCUT2D eigenvalue weighted by Gasteiger charge is 2.14. The lowest BCUT2D eigenvalue weighted by molar-refractivity contribution is 0.970. The van der Waals surface area contributed by atoms with Crippen LogP contribution >= 0.6 is 50.5 Å². The smallest absolute Gasteiger partial charge is 0.145 e. The van der Waals surface area contributed by atoms with Crippen LogP contribution in [-0.4, -0.2) is 11.5 Å². The number of nitrogens with one attached hydrogen (secondary N) is 1. The van der Waals surface area contributed by atoms with Gasteiger partial charge in [0.2, 0.25) is 0 Å². The average Bonchev–Trinajstić information content (AvgIpc) is 2.74. The molecule has 0 aliphatic carbocycles. The molecule has 0 aliphatic heterocycles. The summed E-state index contributed by atoms with van der Waals surface area (Å²) in [7, 11) is 0. The quantitative estimate of drug-likeness (QED) is 0.751. The van der Waals surface area contributed by atoms with Gasteiger partial charge in [-0.25, -0.2) is 4.98 Å². The van der Waals surface area contributed by atoms with Crippen LogP contribution in [0.5, 0.6) is 0 Å². The Bertz CT molecular complexity index is 557. The first kappa shape index (κ1) is 14.1. The second kappa shape index (κ2) is 6.24. The Hall–Kier alpha value is -0.290. The number of hydrogen-bond acceptors (Lipinski definition) is 3. The molecule has 0 amide bonds. The maximum atomic E-state index is 6.21. The molecular formula is C12H11BrCl2N2S. The Labute approximate surface area is 128 Å². The third-order valence-corrected chi connectivity index (χ3v) is 4.72. The molecule has 0 fully saturated rings. The van der Waals surface area contributed by atoms with Gasteiger partial charge < -0.3 is 5.32 Å². The van der Waals surface area contributed by atoms with E-state index < -0.39 is 0 Å². The van der Waals surface area contributed by atoms with Crippen molar-refractivity contribution in [3.05, 3.63) is 32.0 Å². The third kappa shape index (κ3) is 2.99. The Morgan fingerprint density at radius 2 is 2.17 bits per heavy atom. The zero-order valence-electron chi connectivity index (χ0n) is 9.64. The first-order valence-electron chi connectivity index (χ1n) is 5.46. The van der Waals surface area contributed by atoms with Gasteiger partial charge in [0, 0.05) is 11.0 Å². The highest BCUT2D eigenvalue weighted by Crippen LogP contribution is 2.38. The van der Waals surface area contributed by atoms with Crippen LogP contribution in [0, 0.1) is 0 Å². The van der Waals surface area contributed by atoms with Crippen molar-refractivity contribution in [1.82, 2.24) is 4.98 Å². The van der Waals surface area contributed by atoms with Crippen molar-refractivity contribution in [1.29, 1.82) is 0 Å². The Morgan fingerprint density at radius 1 is 1.39 bits per heavy atom. The van der Waals surface area contributed by atoms with E-state index >= 15 is 0 Å². The lowest BCUT2D eigenvalue weighted by atomic mass is 10.3. The molecule has 0 spiro atoms. The van der Waals surface area contributed by atoms with E-state index in [9.17, 15) is 0 Å². The van der Waals surface area contributed by atoms with E-state index in [1.54, 1.807) is 17.4 Å². The number of nitrogens with zero attached hydrogens (tertiary/aromatic N) is 1. The standard InChI is InChI=1S/C12H11BrCl2N2S/c1-2-4-16-12-9(15)6-8(14)10(17-12)11-7(13)3-5-18-11/h3,5-6H,2,4H2,1H3,(H,16,17). The minimum atomic E-state index is 0.546. The molecule has 1 N–H and O–H groups in total. The van der Waals surface area contributed by atoms with E-state index in [1.165, 1.54) is 0 Å². The highest BCUT2D eigenvalue weighted by molar-refractivity contribution is 9.10. The van der Waals surface area contributed by atoms with E-state index in [1.807, 2.05) is 11.4 Å². The summed E-state index contributed by atoms with van der Waals surface area (Å²) in [6.45, 7) is 2.92. The first-order valence-corrected chi connectivity index (χ1v) is 7.89. The molecule has 18 heavy (non-hydrogen) atoms. The predicted molar refractivity (Wildman–Crippen MR) is 84.1 cm³/mol. The monoisotopic (exact) mass is 364 g/mol. The number of hydrogen-bond donors (Lipinski definition) is 1. The van der Waals surface area contributed by atoms with Gasteiger partial charge in [-0.05, 0) is 39.9 Å². The van der Waals surface area contributed by atoms with Gasteiger partial charge in [-0.3, -0.25) is 0 Å². The molecule has 2 nitrogen and oxygen atoms in total. The predicted octanol–water partition coefficient (Wildman–Crippen LogP) is 5.70. The molecular weight excluding hydrogens is 355 g/mol. The summed E-state index contributed by atoms with van der Waals surface area (Å²) < 4.78 is 0.991. The van der Waals surface area contributed by atoms with Gasteiger partial charge in [0.1, 0.15) is 11.5 Å². The first-order chi connectivity index (χ1) is 8.63. The van der Waals surface area contributed by atoms with Crippen molar-refractivity contribution >= 4 is 56.3 Å². The van der Waals surface area contributed by atoms with E-state index in [4.69, 9.17) is 23.2 Å². The van der Waals surface area contributed by atoms with Crippen molar-refractivity contribution in [3.63, 3.8) is 0 Å². The van der Waals surface area contributed by atoms with E-state index in [-0.39, 0.29) is 0 Å². The van der Waals surface area contributed by atoms with E-state index in [2.05, 4.69) is 33.2 Å². The van der Waals surface area contributed by atoms with Crippen LogP contribution in [0.1, 0.15) is 13.3 Å². The molecule has 0 radical (unpaired) electrons. The van der Waals surface area contributed by atoms with Crippen molar-refractivity contribution in [3.8, 4) is 10.6 Å². The Morgan fingerprint density at radius 3 is 2.78 bits per heavy atom. The largest absolute Gasteiger partial charge is 0.369 e. The molecule has 0 atom stereocenters. The van der Waals surface area contributed by atoms with Crippen LogP contribution in [-0.2, 0) is 0 Å². The molecule has 2 aromatic heterocycles. The van der Waals surface area contributed by atoms with Gasteiger partial charge in [-0.2, -0.15) is 0 Å². The second-order valence-corrected chi connectivity index (χ2v) is 6.26. The SMILES string of the molecule is CCCNc1nc(-c2sccc2Br)c(Cl)cc1Cl. The van der Waals surface area contributed by atoms with Crippen LogP contribution in [0.4, 0.5) is 5.82 Å². The Balaban J connectivity index is 2.45. The lowest BCUT2D eigenvalue weighted by Crippen LogP contribution is -2.03. The van der Waals surface area contributed by atoms with Crippen molar-refractivity contribution < 1.29 is 0 Å². The molecule has 96 valence electrons. The molecule has 2 aromatic rings. The fourth-order valence-corrected chi connectivity index (χ4v) is 3.60. The summed E-state index contributed by atoms with van der Waals surface area (Å²) in [5.41, 5.74) is 0.751. The van der Waals surface area contributed by atoms with Crippen LogP contribution in [0.15, 0.2) is 22.0 Å². The number of aromatic nitrogens is 1. The molecule has 0 aliphatic rings. The fraction of sp³-hybridized carbons (Fsp3) is 0.250.